The third-order valence-corrected chi connectivity index (χ3v) is 2.48. The molecule has 1 N–H and O–H groups in total. The summed E-state index contributed by atoms with van der Waals surface area (Å²) in [6.45, 7) is 3.96. The zero-order chi connectivity index (χ0) is 13.5. The van der Waals surface area contributed by atoms with Crippen LogP contribution in [0.3, 0.4) is 0 Å². The van der Waals surface area contributed by atoms with E-state index in [1.165, 1.54) is 12.1 Å². The van der Waals surface area contributed by atoms with Gasteiger partial charge in [-0.15, -0.1) is 0 Å². The molecule has 4 nitrogen and oxygen atoms in total. The average Bonchev–Trinajstić information content (AvgIpc) is 2.34. The molecule has 0 bridgehead atoms. The number of halogens is 1. The number of hydrogen-bond acceptors (Lipinski definition) is 4. The molecule has 0 saturated heterocycles. The lowest BCUT2D eigenvalue weighted by Gasteiger charge is -2.16. The van der Waals surface area contributed by atoms with Crippen molar-refractivity contribution in [3.8, 4) is 5.75 Å². The van der Waals surface area contributed by atoms with Gasteiger partial charge in [-0.3, -0.25) is 4.79 Å². The van der Waals surface area contributed by atoms with Crippen molar-refractivity contribution in [1.29, 1.82) is 0 Å². The molecule has 0 fully saturated rings. The van der Waals surface area contributed by atoms with Gasteiger partial charge < -0.3 is 14.8 Å². The van der Waals surface area contributed by atoms with Crippen LogP contribution < -0.4 is 10.1 Å². The fourth-order valence-electron chi connectivity index (χ4n) is 1.41. The third-order valence-electron chi connectivity index (χ3n) is 2.48. The van der Waals surface area contributed by atoms with E-state index in [0.717, 1.165) is 5.56 Å². The van der Waals surface area contributed by atoms with E-state index in [2.05, 4.69) is 5.32 Å². The first-order valence-electron chi connectivity index (χ1n) is 5.81. The lowest BCUT2D eigenvalue weighted by molar-refractivity contribution is -0.146. The van der Waals surface area contributed by atoms with Crippen LogP contribution in [0.5, 0.6) is 5.75 Å². The Kier molecular flexibility index (Phi) is 5.58. The lowest BCUT2D eigenvalue weighted by atomic mass is 10.2. The van der Waals surface area contributed by atoms with Crippen LogP contribution in [0.4, 0.5) is 4.39 Å². The van der Waals surface area contributed by atoms with Crippen molar-refractivity contribution >= 4 is 5.97 Å². The quantitative estimate of drug-likeness (QED) is 0.785. The Balaban J connectivity index is 2.62. The van der Waals surface area contributed by atoms with Gasteiger partial charge in [0.2, 0.25) is 0 Å². The largest absolute Gasteiger partial charge is 0.491 e. The number of nitrogens with one attached hydrogen (secondary N) is 1. The summed E-state index contributed by atoms with van der Waals surface area (Å²) >= 11 is 0. The van der Waals surface area contributed by atoms with Crippen molar-refractivity contribution in [3.05, 3.63) is 29.6 Å². The summed E-state index contributed by atoms with van der Waals surface area (Å²) in [6.07, 6.45) is 0. The van der Waals surface area contributed by atoms with Gasteiger partial charge >= 0.3 is 5.97 Å². The molecule has 0 heterocycles. The maximum absolute atomic E-state index is 13.0. The molecule has 1 unspecified atom stereocenters. The summed E-state index contributed by atoms with van der Waals surface area (Å²) in [7, 11) is 1.64. The molecule has 1 atom stereocenters. The Labute approximate surface area is 106 Å². The molecule has 0 aliphatic heterocycles. The fourth-order valence-corrected chi connectivity index (χ4v) is 1.41. The second kappa shape index (κ2) is 6.96. The van der Waals surface area contributed by atoms with Crippen LogP contribution >= 0.6 is 0 Å². The standard InChI is InChI=1S/C13H18FNO3/c1-4-17-13(16)11(15-3)8-18-12-7-10(14)6-5-9(12)2/h5-7,11,15H,4,8H2,1-3H3. The maximum Gasteiger partial charge on any atom is 0.326 e. The van der Waals surface area contributed by atoms with Gasteiger partial charge in [-0.05, 0) is 32.5 Å². The van der Waals surface area contributed by atoms with Gasteiger partial charge in [0.05, 0.1) is 6.61 Å². The summed E-state index contributed by atoms with van der Waals surface area (Å²) in [4.78, 5) is 11.5. The molecular formula is C13H18FNO3. The third kappa shape index (κ3) is 4.00. The van der Waals surface area contributed by atoms with Crippen LogP contribution in [0, 0.1) is 12.7 Å². The highest BCUT2D eigenvalue weighted by Crippen LogP contribution is 2.18. The van der Waals surface area contributed by atoms with Crippen LogP contribution in [-0.4, -0.2) is 32.3 Å². The SMILES string of the molecule is CCOC(=O)C(COc1cc(F)ccc1C)NC. The number of hydrogen-bond donors (Lipinski definition) is 1. The first-order valence-corrected chi connectivity index (χ1v) is 5.81. The molecule has 0 aromatic heterocycles. The van der Waals surface area contributed by atoms with Gasteiger partial charge in [-0.25, -0.2) is 4.39 Å². The van der Waals surface area contributed by atoms with E-state index in [9.17, 15) is 9.18 Å². The lowest BCUT2D eigenvalue weighted by Crippen LogP contribution is -2.40. The summed E-state index contributed by atoms with van der Waals surface area (Å²) < 4.78 is 23.4. The van der Waals surface area contributed by atoms with Gasteiger partial charge in [-0.2, -0.15) is 0 Å². The van der Waals surface area contributed by atoms with E-state index in [0.29, 0.717) is 12.4 Å². The number of esters is 1. The Morgan fingerprint density at radius 1 is 1.50 bits per heavy atom. The highest BCUT2D eigenvalue weighted by atomic mass is 19.1. The molecule has 0 saturated carbocycles. The molecule has 1 rings (SSSR count). The first-order chi connectivity index (χ1) is 8.58. The number of benzene rings is 1. The van der Waals surface area contributed by atoms with Crippen molar-refractivity contribution in [2.24, 2.45) is 0 Å². The second-order valence-electron chi connectivity index (χ2n) is 3.81. The second-order valence-corrected chi connectivity index (χ2v) is 3.81. The summed E-state index contributed by atoms with van der Waals surface area (Å²) in [5.41, 5.74) is 0.815. The number of rotatable bonds is 6. The van der Waals surface area contributed by atoms with Crippen molar-refractivity contribution in [2.75, 3.05) is 20.3 Å². The number of aryl methyl sites for hydroxylation is 1. The molecule has 0 radical (unpaired) electrons. The van der Waals surface area contributed by atoms with E-state index < -0.39 is 6.04 Å². The Morgan fingerprint density at radius 3 is 2.83 bits per heavy atom. The van der Waals surface area contributed by atoms with Gasteiger partial charge in [-0.1, -0.05) is 6.07 Å². The molecule has 1 aromatic rings. The molecule has 0 spiro atoms. The highest BCUT2D eigenvalue weighted by molar-refractivity contribution is 5.75. The van der Waals surface area contributed by atoms with Crippen molar-refractivity contribution in [3.63, 3.8) is 0 Å². The summed E-state index contributed by atoms with van der Waals surface area (Å²) in [6, 6.07) is 3.73. The first kappa shape index (κ1) is 14.4. The van der Waals surface area contributed by atoms with Gasteiger partial charge in [0.1, 0.15) is 24.2 Å². The number of carbonyl (C=O) groups is 1. The van der Waals surface area contributed by atoms with E-state index >= 15 is 0 Å². The van der Waals surface area contributed by atoms with Crippen molar-refractivity contribution < 1.29 is 18.7 Å². The van der Waals surface area contributed by atoms with Crippen LogP contribution in [0.1, 0.15) is 12.5 Å². The van der Waals surface area contributed by atoms with Crippen LogP contribution in [0.2, 0.25) is 0 Å². The molecule has 0 aliphatic rings. The number of carbonyl (C=O) groups excluding carboxylic acids is 1. The average molecular weight is 255 g/mol. The van der Waals surface area contributed by atoms with Crippen LogP contribution in [-0.2, 0) is 9.53 Å². The molecule has 100 valence electrons. The Bertz CT molecular complexity index is 409. The predicted molar refractivity (Wildman–Crippen MR) is 66.1 cm³/mol. The molecular weight excluding hydrogens is 237 g/mol. The summed E-state index contributed by atoms with van der Waals surface area (Å²) in [5.74, 6) is -0.318. The maximum atomic E-state index is 13.0. The van der Waals surface area contributed by atoms with Crippen molar-refractivity contribution in [1.82, 2.24) is 5.32 Å². The zero-order valence-electron chi connectivity index (χ0n) is 10.8. The normalized spacial score (nSPS) is 12.0. The van der Waals surface area contributed by atoms with Crippen LogP contribution in [0.15, 0.2) is 18.2 Å². The van der Waals surface area contributed by atoms with E-state index in [-0.39, 0.29) is 18.4 Å². The molecule has 5 heteroatoms. The monoisotopic (exact) mass is 255 g/mol. The van der Waals surface area contributed by atoms with Crippen LogP contribution in [0.25, 0.3) is 0 Å². The number of likely N-dealkylation sites (N-methyl/N-ethyl adjacent to an activating group) is 1. The highest BCUT2D eigenvalue weighted by Gasteiger charge is 2.18. The summed E-state index contributed by atoms with van der Waals surface area (Å²) in [5, 5.41) is 2.80. The van der Waals surface area contributed by atoms with E-state index in [1.807, 2.05) is 6.92 Å². The Morgan fingerprint density at radius 2 is 2.22 bits per heavy atom. The Hall–Kier alpha value is -1.62. The molecule has 18 heavy (non-hydrogen) atoms. The molecule has 0 amide bonds. The predicted octanol–water partition coefficient (Wildman–Crippen LogP) is 1.66. The van der Waals surface area contributed by atoms with Gasteiger partial charge in [0.15, 0.2) is 0 Å². The fraction of sp³-hybridized carbons (Fsp3) is 0.462. The van der Waals surface area contributed by atoms with Crippen molar-refractivity contribution in [2.45, 2.75) is 19.9 Å². The van der Waals surface area contributed by atoms with Gasteiger partial charge in [0.25, 0.3) is 0 Å². The molecule has 0 aliphatic carbocycles. The minimum Gasteiger partial charge on any atom is -0.491 e. The zero-order valence-corrected chi connectivity index (χ0v) is 10.8. The smallest absolute Gasteiger partial charge is 0.326 e. The molecule has 1 aromatic carbocycles. The topological polar surface area (TPSA) is 47.6 Å². The van der Waals surface area contributed by atoms with E-state index in [4.69, 9.17) is 9.47 Å². The van der Waals surface area contributed by atoms with Gasteiger partial charge in [0, 0.05) is 6.07 Å². The minimum atomic E-state index is -0.562. The minimum absolute atomic E-state index is 0.0969. The van der Waals surface area contributed by atoms with E-state index in [1.54, 1.807) is 20.0 Å². The number of ether oxygens (including phenoxy) is 2.